The summed E-state index contributed by atoms with van der Waals surface area (Å²) < 4.78 is 29.1. The smallest absolute Gasteiger partial charge is 0.273 e. The first-order chi connectivity index (χ1) is 11.9. The highest BCUT2D eigenvalue weighted by molar-refractivity contribution is 5.94. The van der Waals surface area contributed by atoms with Crippen LogP contribution in [0.3, 0.4) is 0 Å². The van der Waals surface area contributed by atoms with Gasteiger partial charge >= 0.3 is 0 Å². The molecule has 0 unspecified atom stereocenters. The number of rotatable bonds is 4. The van der Waals surface area contributed by atoms with Gasteiger partial charge in [-0.05, 0) is 12.1 Å². The molecule has 3 heterocycles. The Kier molecular flexibility index (Phi) is 4.43. The molecular formula is C15H16F2N6O2. The summed E-state index contributed by atoms with van der Waals surface area (Å²) >= 11 is 0. The van der Waals surface area contributed by atoms with Crippen molar-refractivity contribution in [1.82, 2.24) is 30.2 Å². The van der Waals surface area contributed by atoms with Crippen molar-refractivity contribution in [2.24, 2.45) is 0 Å². The molecule has 2 aromatic heterocycles. The number of halogens is 2. The SMILES string of the molecule is CNC(=O)c1cn(C[C@@H]2CC(F)(F)CN2C(=O)c2cccnc2)nn1. The highest BCUT2D eigenvalue weighted by atomic mass is 19.3. The average Bonchev–Trinajstić information content (AvgIpc) is 3.18. The zero-order valence-corrected chi connectivity index (χ0v) is 13.4. The lowest BCUT2D eigenvalue weighted by Crippen LogP contribution is -2.38. The molecule has 10 heteroatoms. The fourth-order valence-electron chi connectivity index (χ4n) is 2.79. The average molecular weight is 350 g/mol. The second-order valence-electron chi connectivity index (χ2n) is 5.79. The Hall–Kier alpha value is -2.91. The van der Waals surface area contributed by atoms with E-state index >= 15 is 0 Å². The standard InChI is InChI=1S/C15H16F2N6O2/c1-18-13(24)12-8-22(21-20-12)7-11-5-15(16,17)9-23(11)14(25)10-3-2-4-19-6-10/h2-4,6,8,11H,5,7,9H2,1H3,(H,18,24)/t11-/m0/s1. The largest absolute Gasteiger partial charge is 0.354 e. The predicted octanol–water partition coefficient (Wildman–Crippen LogP) is 0.583. The van der Waals surface area contributed by atoms with E-state index in [4.69, 9.17) is 0 Å². The molecule has 0 saturated carbocycles. The molecule has 1 atom stereocenters. The Morgan fingerprint density at radius 3 is 2.92 bits per heavy atom. The minimum Gasteiger partial charge on any atom is -0.354 e. The van der Waals surface area contributed by atoms with Crippen LogP contribution in [0, 0.1) is 0 Å². The van der Waals surface area contributed by atoms with E-state index in [-0.39, 0.29) is 17.8 Å². The van der Waals surface area contributed by atoms with Crippen LogP contribution in [0.5, 0.6) is 0 Å². The second-order valence-corrected chi connectivity index (χ2v) is 5.79. The van der Waals surface area contributed by atoms with Gasteiger partial charge in [-0.1, -0.05) is 5.21 Å². The molecule has 25 heavy (non-hydrogen) atoms. The molecule has 2 aromatic rings. The number of hydrogen-bond acceptors (Lipinski definition) is 5. The molecule has 8 nitrogen and oxygen atoms in total. The lowest BCUT2D eigenvalue weighted by Gasteiger charge is -2.23. The van der Waals surface area contributed by atoms with Gasteiger partial charge in [0.25, 0.3) is 17.7 Å². The monoisotopic (exact) mass is 350 g/mol. The minimum atomic E-state index is -2.98. The number of nitrogens with one attached hydrogen (secondary N) is 1. The molecule has 1 aliphatic rings. The quantitative estimate of drug-likeness (QED) is 0.871. The predicted molar refractivity (Wildman–Crippen MR) is 82.0 cm³/mol. The molecule has 0 spiro atoms. The van der Waals surface area contributed by atoms with Crippen LogP contribution in [0.4, 0.5) is 8.78 Å². The van der Waals surface area contributed by atoms with E-state index in [0.717, 1.165) is 4.90 Å². The molecule has 2 amide bonds. The molecule has 1 N–H and O–H groups in total. The van der Waals surface area contributed by atoms with Crippen molar-refractivity contribution in [3.8, 4) is 0 Å². The van der Waals surface area contributed by atoms with Gasteiger partial charge in [0, 0.05) is 25.9 Å². The van der Waals surface area contributed by atoms with E-state index < -0.39 is 36.7 Å². The number of carbonyl (C=O) groups excluding carboxylic acids is 2. The van der Waals surface area contributed by atoms with Gasteiger partial charge in [-0.2, -0.15) is 0 Å². The summed E-state index contributed by atoms with van der Waals surface area (Å²) in [6.45, 7) is -0.645. The highest BCUT2D eigenvalue weighted by Crippen LogP contribution is 2.33. The number of likely N-dealkylation sites (tertiary alicyclic amines) is 1. The van der Waals surface area contributed by atoms with Crippen molar-refractivity contribution >= 4 is 11.8 Å². The summed E-state index contributed by atoms with van der Waals surface area (Å²) in [5.41, 5.74) is 0.326. The van der Waals surface area contributed by atoms with Gasteiger partial charge in [-0.15, -0.1) is 5.10 Å². The molecule has 1 saturated heterocycles. The Bertz CT molecular complexity index is 779. The van der Waals surface area contributed by atoms with E-state index in [9.17, 15) is 18.4 Å². The first-order valence-corrected chi connectivity index (χ1v) is 7.60. The second kappa shape index (κ2) is 6.54. The maximum absolute atomic E-state index is 13.9. The molecule has 1 aliphatic heterocycles. The maximum atomic E-state index is 13.9. The van der Waals surface area contributed by atoms with E-state index in [1.54, 1.807) is 6.07 Å². The topological polar surface area (TPSA) is 93.0 Å². The molecule has 0 radical (unpaired) electrons. The zero-order chi connectivity index (χ0) is 18.0. The van der Waals surface area contributed by atoms with Crippen molar-refractivity contribution in [2.75, 3.05) is 13.6 Å². The fourth-order valence-corrected chi connectivity index (χ4v) is 2.79. The first kappa shape index (κ1) is 16.9. The molecular weight excluding hydrogens is 334 g/mol. The number of amides is 2. The summed E-state index contributed by atoms with van der Waals surface area (Å²) in [7, 11) is 1.45. The van der Waals surface area contributed by atoms with Crippen LogP contribution >= 0.6 is 0 Å². The van der Waals surface area contributed by atoms with Gasteiger partial charge in [0.05, 0.1) is 30.9 Å². The van der Waals surface area contributed by atoms with Crippen LogP contribution in [0.25, 0.3) is 0 Å². The summed E-state index contributed by atoms with van der Waals surface area (Å²) in [5, 5.41) is 9.87. The summed E-state index contributed by atoms with van der Waals surface area (Å²) in [6, 6.07) is 2.34. The van der Waals surface area contributed by atoms with E-state index in [2.05, 4.69) is 20.6 Å². The molecule has 0 bridgehead atoms. The summed E-state index contributed by atoms with van der Waals surface area (Å²) in [4.78, 5) is 29.0. The molecule has 0 aliphatic carbocycles. The Morgan fingerprint density at radius 2 is 2.24 bits per heavy atom. The number of alkyl halides is 2. The van der Waals surface area contributed by atoms with Crippen molar-refractivity contribution < 1.29 is 18.4 Å². The Balaban J connectivity index is 1.79. The van der Waals surface area contributed by atoms with Gasteiger partial charge in [0.2, 0.25) is 0 Å². The molecule has 1 fully saturated rings. The normalized spacial score (nSPS) is 19.0. The third kappa shape index (κ3) is 3.62. The minimum absolute atomic E-state index is 0.0194. The Labute approximate surface area is 141 Å². The first-order valence-electron chi connectivity index (χ1n) is 7.60. The highest BCUT2D eigenvalue weighted by Gasteiger charge is 2.47. The van der Waals surface area contributed by atoms with E-state index in [0.29, 0.717) is 0 Å². The van der Waals surface area contributed by atoms with Crippen molar-refractivity contribution in [1.29, 1.82) is 0 Å². The van der Waals surface area contributed by atoms with Gasteiger partial charge in [0.1, 0.15) is 0 Å². The zero-order valence-electron chi connectivity index (χ0n) is 13.4. The lowest BCUT2D eigenvalue weighted by atomic mass is 10.2. The number of hydrogen-bond donors (Lipinski definition) is 1. The van der Waals surface area contributed by atoms with E-state index in [1.807, 2.05) is 0 Å². The Morgan fingerprint density at radius 1 is 1.44 bits per heavy atom. The van der Waals surface area contributed by atoms with Crippen LogP contribution in [-0.2, 0) is 6.54 Å². The summed E-state index contributed by atoms with van der Waals surface area (Å²) in [5.74, 6) is -3.92. The third-order valence-electron chi connectivity index (χ3n) is 3.94. The number of pyridine rings is 1. The van der Waals surface area contributed by atoms with Gasteiger partial charge < -0.3 is 10.2 Å². The van der Waals surface area contributed by atoms with Gasteiger partial charge in [-0.25, -0.2) is 13.5 Å². The van der Waals surface area contributed by atoms with Crippen molar-refractivity contribution in [2.45, 2.75) is 24.9 Å². The van der Waals surface area contributed by atoms with Crippen molar-refractivity contribution in [3.63, 3.8) is 0 Å². The summed E-state index contributed by atoms with van der Waals surface area (Å²) in [6.07, 6.45) is 3.73. The maximum Gasteiger partial charge on any atom is 0.273 e. The van der Waals surface area contributed by atoms with Crippen LogP contribution in [0.1, 0.15) is 27.3 Å². The number of aromatic nitrogens is 4. The van der Waals surface area contributed by atoms with Crippen molar-refractivity contribution in [3.05, 3.63) is 42.0 Å². The van der Waals surface area contributed by atoms with E-state index in [1.165, 1.54) is 36.4 Å². The fraction of sp³-hybridized carbons (Fsp3) is 0.400. The molecule has 0 aromatic carbocycles. The van der Waals surface area contributed by atoms with Gasteiger partial charge in [0.15, 0.2) is 5.69 Å². The third-order valence-corrected chi connectivity index (χ3v) is 3.94. The molecule has 3 rings (SSSR count). The number of nitrogens with zero attached hydrogens (tertiary/aromatic N) is 5. The van der Waals surface area contributed by atoms with Crippen LogP contribution < -0.4 is 5.32 Å². The lowest BCUT2D eigenvalue weighted by molar-refractivity contribution is 0.0117. The van der Waals surface area contributed by atoms with Crippen LogP contribution in [-0.4, -0.2) is 62.2 Å². The van der Waals surface area contributed by atoms with Gasteiger partial charge in [-0.3, -0.25) is 14.6 Å². The van der Waals surface area contributed by atoms with Crippen LogP contribution in [0.2, 0.25) is 0 Å². The van der Waals surface area contributed by atoms with Crippen LogP contribution in [0.15, 0.2) is 30.7 Å². The number of carbonyl (C=O) groups is 2. The molecule has 132 valence electrons.